The Morgan fingerprint density at radius 2 is 2.39 bits per heavy atom. The molecule has 2 heterocycles. The summed E-state index contributed by atoms with van der Waals surface area (Å²) in [6.07, 6.45) is 7.58. The third kappa shape index (κ3) is 3.79. The van der Waals surface area contributed by atoms with Crippen LogP contribution >= 0.6 is 0 Å². The highest BCUT2D eigenvalue weighted by Crippen LogP contribution is 2.19. The van der Waals surface area contributed by atoms with Crippen molar-refractivity contribution in [3.05, 3.63) is 30.1 Å². The molecule has 2 rings (SSSR count). The number of hydrogen-bond donors (Lipinski definition) is 1. The fraction of sp³-hybridized carbons (Fsp3) is 0.667. The second kappa shape index (κ2) is 6.86. The van der Waals surface area contributed by atoms with E-state index in [4.69, 9.17) is 0 Å². The Morgan fingerprint density at radius 3 is 3.06 bits per heavy atom. The van der Waals surface area contributed by atoms with Crippen molar-refractivity contribution in [2.75, 3.05) is 13.1 Å². The van der Waals surface area contributed by atoms with Crippen LogP contribution in [0.5, 0.6) is 0 Å². The number of rotatable bonds is 5. The van der Waals surface area contributed by atoms with Crippen LogP contribution in [0.3, 0.4) is 0 Å². The van der Waals surface area contributed by atoms with Crippen molar-refractivity contribution in [2.45, 2.75) is 51.7 Å². The molecule has 2 atom stereocenters. The zero-order valence-corrected chi connectivity index (χ0v) is 11.6. The van der Waals surface area contributed by atoms with E-state index in [1.807, 2.05) is 18.5 Å². The fourth-order valence-corrected chi connectivity index (χ4v) is 2.72. The summed E-state index contributed by atoms with van der Waals surface area (Å²) >= 11 is 0. The van der Waals surface area contributed by atoms with Gasteiger partial charge in [0.05, 0.1) is 0 Å². The first-order valence-electron chi connectivity index (χ1n) is 7.16. The zero-order chi connectivity index (χ0) is 12.8. The molecule has 18 heavy (non-hydrogen) atoms. The molecule has 1 saturated heterocycles. The van der Waals surface area contributed by atoms with E-state index >= 15 is 0 Å². The van der Waals surface area contributed by atoms with E-state index in [0.29, 0.717) is 12.1 Å². The Labute approximate surface area is 111 Å². The van der Waals surface area contributed by atoms with Gasteiger partial charge < -0.3 is 5.32 Å². The largest absolute Gasteiger partial charge is 0.314 e. The first kappa shape index (κ1) is 13.5. The molecule has 0 aromatic carbocycles. The molecule has 1 aromatic rings. The smallest absolute Gasteiger partial charge is 0.0312 e. The molecular weight excluding hydrogens is 222 g/mol. The minimum Gasteiger partial charge on any atom is -0.314 e. The number of aromatic nitrogens is 1. The molecule has 1 fully saturated rings. The monoisotopic (exact) mass is 247 g/mol. The highest BCUT2D eigenvalue weighted by Gasteiger charge is 2.24. The zero-order valence-electron chi connectivity index (χ0n) is 11.6. The molecule has 0 bridgehead atoms. The number of piperidine rings is 1. The van der Waals surface area contributed by atoms with E-state index in [2.05, 4.69) is 35.1 Å². The molecule has 1 aliphatic rings. The average molecular weight is 247 g/mol. The van der Waals surface area contributed by atoms with Crippen LogP contribution in [0.1, 0.15) is 38.7 Å². The molecular formula is C15H25N3. The molecule has 3 nitrogen and oxygen atoms in total. The molecule has 100 valence electrons. The Hall–Kier alpha value is -0.930. The van der Waals surface area contributed by atoms with E-state index < -0.39 is 0 Å². The van der Waals surface area contributed by atoms with Crippen LogP contribution in [0.25, 0.3) is 0 Å². The van der Waals surface area contributed by atoms with Gasteiger partial charge in [0.1, 0.15) is 0 Å². The van der Waals surface area contributed by atoms with Gasteiger partial charge in [-0.2, -0.15) is 0 Å². The molecule has 2 unspecified atom stereocenters. The first-order valence-corrected chi connectivity index (χ1v) is 7.16. The molecule has 0 aliphatic carbocycles. The van der Waals surface area contributed by atoms with Gasteiger partial charge in [0.15, 0.2) is 0 Å². The standard InChI is InChI=1S/C15H25N3/c1-3-7-17-15-6-9-18(13(2)10-15)12-14-5-4-8-16-11-14/h4-5,8,11,13,15,17H,3,6-7,9-10,12H2,1-2H3. The lowest BCUT2D eigenvalue weighted by molar-refractivity contribution is 0.128. The quantitative estimate of drug-likeness (QED) is 0.866. The molecule has 1 N–H and O–H groups in total. The second-order valence-electron chi connectivity index (χ2n) is 5.36. The molecule has 1 aromatic heterocycles. The van der Waals surface area contributed by atoms with Gasteiger partial charge in [0.25, 0.3) is 0 Å². The van der Waals surface area contributed by atoms with Crippen LogP contribution in [0, 0.1) is 0 Å². The summed E-state index contributed by atoms with van der Waals surface area (Å²) in [6, 6.07) is 5.56. The minimum absolute atomic E-state index is 0.660. The Morgan fingerprint density at radius 1 is 1.50 bits per heavy atom. The summed E-state index contributed by atoms with van der Waals surface area (Å²) in [6.45, 7) is 7.96. The molecule has 0 radical (unpaired) electrons. The molecule has 1 aliphatic heterocycles. The fourth-order valence-electron chi connectivity index (χ4n) is 2.72. The predicted octanol–water partition coefficient (Wildman–Crippen LogP) is 2.43. The van der Waals surface area contributed by atoms with E-state index in [-0.39, 0.29) is 0 Å². The van der Waals surface area contributed by atoms with Crippen molar-refractivity contribution < 1.29 is 0 Å². The summed E-state index contributed by atoms with van der Waals surface area (Å²) in [5.74, 6) is 0. The average Bonchev–Trinajstić information content (AvgIpc) is 2.40. The van der Waals surface area contributed by atoms with Crippen molar-refractivity contribution in [1.82, 2.24) is 15.2 Å². The highest BCUT2D eigenvalue weighted by molar-refractivity contribution is 5.08. The van der Waals surface area contributed by atoms with Gasteiger partial charge in [-0.3, -0.25) is 9.88 Å². The summed E-state index contributed by atoms with van der Waals surface area (Å²) in [4.78, 5) is 6.76. The summed E-state index contributed by atoms with van der Waals surface area (Å²) in [5.41, 5.74) is 1.32. The van der Waals surface area contributed by atoms with Gasteiger partial charge in [-0.1, -0.05) is 13.0 Å². The normalized spacial score (nSPS) is 25.2. The number of likely N-dealkylation sites (tertiary alicyclic amines) is 1. The highest BCUT2D eigenvalue weighted by atomic mass is 15.2. The van der Waals surface area contributed by atoms with Gasteiger partial charge in [0.2, 0.25) is 0 Å². The van der Waals surface area contributed by atoms with Gasteiger partial charge in [-0.25, -0.2) is 0 Å². The molecule has 0 amide bonds. The van der Waals surface area contributed by atoms with Crippen molar-refractivity contribution >= 4 is 0 Å². The van der Waals surface area contributed by atoms with Crippen LogP contribution in [0.2, 0.25) is 0 Å². The lowest BCUT2D eigenvalue weighted by atomic mass is 9.97. The SMILES string of the molecule is CCCNC1CCN(Cc2cccnc2)C(C)C1. The number of nitrogens with one attached hydrogen (secondary N) is 1. The number of nitrogens with zero attached hydrogens (tertiary/aromatic N) is 2. The van der Waals surface area contributed by atoms with Gasteiger partial charge in [-0.15, -0.1) is 0 Å². The Kier molecular flexibility index (Phi) is 5.14. The lowest BCUT2D eigenvalue weighted by Crippen LogP contribution is -2.47. The van der Waals surface area contributed by atoms with Crippen LogP contribution in [-0.4, -0.2) is 35.1 Å². The maximum absolute atomic E-state index is 4.19. The predicted molar refractivity (Wildman–Crippen MR) is 75.4 cm³/mol. The third-order valence-corrected chi connectivity index (χ3v) is 3.81. The van der Waals surface area contributed by atoms with Gasteiger partial charge in [-0.05, 0) is 44.4 Å². The van der Waals surface area contributed by atoms with Crippen molar-refractivity contribution in [2.24, 2.45) is 0 Å². The van der Waals surface area contributed by atoms with Crippen LogP contribution < -0.4 is 5.32 Å². The molecule has 0 saturated carbocycles. The maximum atomic E-state index is 4.19. The first-order chi connectivity index (χ1) is 8.79. The maximum Gasteiger partial charge on any atom is 0.0312 e. The Balaban J connectivity index is 1.82. The van der Waals surface area contributed by atoms with Crippen LogP contribution in [-0.2, 0) is 6.54 Å². The molecule has 0 spiro atoms. The van der Waals surface area contributed by atoms with E-state index in [1.165, 1.54) is 31.4 Å². The Bertz CT molecular complexity index is 339. The summed E-state index contributed by atoms with van der Waals surface area (Å²) in [5, 5.41) is 3.65. The van der Waals surface area contributed by atoms with Crippen molar-refractivity contribution in [1.29, 1.82) is 0 Å². The lowest BCUT2D eigenvalue weighted by Gasteiger charge is -2.38. The van der Waals surface area contributed by atoms with Gasteiger partial charge in [0, 0.05) is 37.6 Å². The number of pyridine rings is 1. The third-order valence-electron chi connectivity index (χ3n) is 3.81. The summed E-state index contributed by atoms with van der Waals surface area (Å²) in [7, 11) is 0. The number of hydrogen-bond acceptors (Lipinski definition) is 3. The topological polar surface area (TPSA) is 28.2 Å². The van der Waals surface area contributed by atoms with Crippen LogP contribution in [0.4, 0.5) is 0 Å². The van der Waals surface area contributed by atoms with E-state index in [0.717, 1.165) is 13.1 Å². The second-order valence-corrected chi connectivity index (χ2v) is 5.36. The summed E-state index contributed by atoms with van der Waals surface area (Å²) < 4.78 is 0. The minimum atomic E-state index is 0.660. The van der Waals surface area contributed by atoms with Crippen LogP contribution in [0.15, 0.2) is 24.5 Å². The van der Waals surface area contributed by atoms with E-state index in [1.54, 1.807) is 0 Å². The van der Waals surface area contributed by atoms with Crippen molar-refractivity contribution in [3.8, 4) is 0 Å². The molecule has 3 heteroatoms. The van der Waals surface area contributed by atoms with Gasteiger partial charge >= 0.3 is 0 Å². The van der Waals surface area contributed by atoms with Crippen molar-refractivity contribution in [3.63, 3.8) is 0 Å². The van der Waals surface area contributed by atoms with E-state index in [9.17, 15) is 0 Å².